The molecule has 0 unspecified atom stereocenters. The van der Waals surface area contributed by atoms with Crippen LogP contribution in [0.5, 0.6) is 5.75 Å². The second kappa shape index (κ2) is 7.63. The highest BCUT2D eigenvalue weighted by Crippen LogP contribution is 2.22. The Morgan fingerprint density at radius 3 is 2.58 bits per heavy atom. The third-order valence-corrected chi connectivity index (χ3v) is 3.24. The van der Waals surface area contributed by atoms with Gasteiger partial charge in [-0.25, -0.2) is 4.39 Å². The molecule has 0 saturated carbocycles. The Labute approximate surface area is 139 Å². The van der Waals surface area contributed by atoms with E-state index in [1.807, 2.05) is 13.8 Å². The molecular weight excluding hydrogens is 313 g/mol. The summed E-state index contributed by atoms with van der Waals surface area (Å²) in [6, 6.07) is 7.58. The first kappa shape index (κ1) is 17.5. The van der Waals surface area contributed by atoms with Gasteiger partial charge in [0.05, 0.1) is 0 Å². The quantitative estimate of drug-likeness (QED) is 0.758. The molecule has 3 N–H and O–H groups in total. The van der Waals surface area contributed by atoms with Crippen molar-refractivity contribution in [2.24, 2.45) is 0 Å². The molecule has 128 valence electrons. The zero-order chi connectivity index (χ0) is 17.7. The van der Waals surface area contributed by atoms with Gasteiger partial charge in [-0.1, -0.05) is 18.2 Å². The second-order valence-electron chi connectivity index (χ2n) is 5.51. The number of amides is 2. The fourth-order valence-electron chi connectivity index (χ4n) is 2.08. The number of carbonyl (C=O) groups excluding carboxylic acids is 2. The Hall–Kier alpha value is -2.83. The van der Waals surface area contributed by atoms with Gasteiger partial charge >= 0.3 is 0 Å². The molecule has 0 aliphatic rings. The summed E-state index contributed by atoms with van der Waals surface area (Å²) in [6.45, 7) is 3.60. The molecule has 2 aromatic rings. The monoisotopic (exact) mass is 333 g/mol. The van der Waals surface area contributed by atoms with Crippen LogP contribution >= 0.6 is 0 Å². The van der Waals surface area contributed by atoms with Gasteiger partial charge in [-0.3, -0.25) is 9.59 Å². The van der Waals surface area contributed by atoms with Crippen LogP contribution in [0.4, 0.5) is 4.39 Å². The molecule has 0 bridgehead atoms. The van der Waals surface area contributed by atoms with Gasteiger partial charge in [-0.05, 0) is 19.9 Å². The molecule has 0 spiro atoms. The predicted octanol–water partition coefficient (Wildman–Crippen LogP) is 2.23. The fourth-order valence-corrected chi connectivity index (χ4v) is 2.08. The van der Waals surface area contributed by atoms with E-state index in [4.69, 9.17) is 4.74 Å². The lowest BCUT2D eigenvalue weighted by Gasteiger charge is -2.07. The van der Waals surface area contributed by atoms with Gasteiger partial charge in [-0.2, -0.15) is 0 Å². The smallest absolute Gasteiger partial charge is 0.271 e. The first-order valence-corrected chi connectivity index (χ1v) is 7.54. The number of H-pyrrole nitrogens is 1. The molecule has 0 radical (unpaired) electrons. The van der Waals surface area contributed by atoms with Crippen LogP contribution in [-0.4, -0.2) is 29.9 Å². The highest BCUT2D eigenvalue weighted by molar-refractivity contribution is 5.99. The maximum Gasteiger partial charge on any atom is 0.271 e. The van der Waals surface area contributed by atoms with Gasteiger partial charge in [-0.15, -0.1) is 0 Å². The molecule has 0 atom stereocenters. The Balaban J connectivity index is 2.23. The first-order valence-electron chi connectivity index (χ1n) is 7.54. The number of rotatable bonds is 6. The predicted molar refractivity (Wildman–Crippen MR) is 87.5 cm³/mol. The van der Waals surface area contributed by atoms with Crippen LogP contribution in [0.2, 0.25) is 0 Å². The Morgan fingerprint density at radius 1 is 1.25 bits per heavy atom. The highest BCUT2D eigenvalue weighted by atomic mass is 19.1. The normalized spacial score (nSPS) is 10.5. The molecule has 0 aliphatic carbocycles. The number of carbonyl (C=O) groups is 2. The van der Waals surface area contributed by atoms with E-state index in [1.165, 1.54) is 19.2 Å². The van der Waals surface area contributed by atoms with Crippen molar-refractivity contribution in [3.8, 4) is 5.75 Å². The largest absolute Gasteiger partial charge is 0.486 e. The van der Waals surface area contributed by atoms with Crippen LogP contribution in [-0.2, 0) is 6.61 Å². The number of hydrogen-bond acceptors (Lipinski definition) is 3. The van der Waals surface area contributed by atoms with Crippen LogP contribution in [0.1, 0.15) is 40.4 Å². The van der Waals surface area contributed by atoms with E-state index < -0.39 is 11.7 Å². The zero-order valence-electron chi connectivity index (χ0n) is 13.8. The van der Waals surface area contributed by atoms with Gasteiger partial charge in [0.25, 0.3) is 11.8 Å². The number of aromatic amines is 1. The zero-order valence-corrected chi connectivity index (χ0v) is 13.8. The molecule has 2 amide bonds. The number of hydrogen-bond donors (Lipinski definition) is 3. The summed E-state index contributed by atoms with van der Waals surface area (Å²) in [7, 11) is 1.47. The molecule has 2 rings (SSSR count). The van der Waals surface area contributed by atoms with Crippen LogP contribution < -0.4 is 15.4 Å². The van der Waals surface area contributed by atoms with E-state index >= 15 is 0 Å². The van der Waals surface area contributed by atoms with Gasteiger partial charge in [0.2, 0.25) is 0 Å². The molecule has 0 fully saturated rings. The van der Waals surface area contributed by atoms with E-state index in [0.29, 0.717) is 5.56 Å². The summed E-state index contributed by atoms with van der Waals surface area (Å²) in [5.41, 5.74) is 0.670. The summed E-state index contributed by atoms with van der Waals surface area (Å²) < 4.78 is 19.2. The number of aromatic nitrogens is 1. The lowest BCUT2D eigenvalue weighted by atomic mass is 10.2. The Kier molecular flexibility index (Phi) is 5.57. The van der Waals surface area contributed by atoms with E-state index in [1.54, 1.807) is 18.2 Å². The van der Waals surface area contributed by atoms with Crippen molar-refractivity contribution >= 4 is 11.8 Å². The molecule has 1 heterocycles. The maximum absolute atomic E-state index is 13.7. The second-order valence-corrected chi connectivity index (χ2v) is 5.51. The molecule has 1 aromatic heterocycles. The van der Waals surface area contributed by atoms with Gasteiger partial charge in [0.1, 0.15) is 23.8 Å². The van der Waals surface area contributed by atoms with E-state index in [2.05, 4.69) is 15.6 Å². The van der Waals surface area contributed by atoms with Crippen molar-refractivity contribution < 1.29 is 18.7 Å². The van der Waals surface area contributed by atoms with Crippen LogP contribution in [0, 0.1) is 5.82 Å². The summed E-state index contributed by atoms with van der Waals surface area (Å²) in [4.78, 5) is 26.8. The fraction of sp³-hybridized carbons (Fsp3) is 0.294. The highest BCUT2D eigenvalue weighted by Gasteiger charge is 2.20. The molecule has 1 aromatic carbocycles. The Bertz CT molecular complexity index is 740. The van der Waals surface area contributed by atoms with E-state index in [9.17, 15) is 14.0 Å². The molecule has 7 heteroatoms. The standard InChI is InChI=1S/C17H20FN3O3/c1-10(2)20-16(22)13-8-14(15(21-13)17(23)19-3)24-9-11-6-4-5-7-12(11)18/h4-8,10,21H,9H2,1-3H3,(H,19,23)(H,20,22). The first-order chi connectivity index (χ1) is 11.4. The Morgan fingerprint density at radius 2 is 1.96 bits per heavy atom. The minimum Gasteiger partial charge on any atom is -0.486 e. The van der Waals surface area contributed by atoms with Crippen molar-refractivity contribution in [1.29, 1.82) is 0 Å². The van der Waals surface area contributed by atoms with Crippen molar-refractivity contribution in [2.45, 2.75) is 26.5 Å². The minimum absolute atomic E-state index is 0.0490. The molecular formula is C17H20FN3O3. The van der Waals surface area contributed by atoms with Crippen LogP contribution in [0.15, 0.2) is 30.3 Å². The van der Waals surface area contributed by atoms with Crippen molar-refractivity contribution in [3.05, 3.63) is 53.1 Å². The number of ether oxygens (including phenoxy) is 1. The molecule has 0 aliphatic heterocycles. The van der Waals surface area contributed by atoms with E-state index in [0.717, 1.165) is 0 Å². The summed E-state index contributed by atoms with van der Waals surface area (Å²) in [5, 5.41) is 5.19. The molecule has 6 nitrogen and oxygen atoms in total. The SMILES string of the molecule is CNC(=O)c1[nH]c(C(=O)NC(C)C)cc1OCc1ccccc1F. The van der Waals surface area contributed by atoms with Gasteiger partial charge < -0.3 is 20.4 Å². The topological polar surface area (TPSA) is 83.2 Å². The van der Waals surface area contributed by atoms with Gasteiger partial charge in [0.15, 0.2) is 5.75 Å². The van der Waals surface area contributed by atoms with Crippen molar-refractivity contribution in [3.63, 3.8) is 0 Å². The number of nitrogens with one attached hydrogen (secondary N) is 3. The maximum atomic E-state index is 13.7. The summed E-state index contributed by atoms with van der Waals surface area (Å²) >= 11 is 0. The minimum atomic E-state index is -0.429. The molecule has 24 heavy (non-hydrogen) atoms. The lowest BCUT2D eigenvalue weighted by Crippen LogP contribution is -2.30. The van der Waals surface area contributed by atoms with Crippen LogP contribution in [0.25, 0.3) is 0 Å². The molecule has 0 saturated heterocycles. The third kappa shape index (κ3) is 4.13. The van der Waals surface area contributed by atoms with Gasteiger partial charge in [0, 0.05) is 24.7 Å². The van der Waals surface area contributed by atoms with Crippen LogP contribution in [0.3, 0.4) is 0 Å². The summed E-state index contributed by atoms with van der Waals surface area (Å²) in [6.07, 6.45) is 0. The van der Waals surface area contributed by atoms with Crippen molar-refractivity contribution in [2.75, 3.05) is 7.05 Å². The van der Waals surface area contributed by atoms with E-state index in [-0.39, 0.29) is 35.7 Å². The number of benzene rings is 1. The van der Waals surface area contributed by atoms with Crippen molar-refractivity contribution in [1.82, 2.24) is 15.6 Å². The average molecular weight is 333 g/mol. The number of halogens is 1. The average Bonchev–Trinajstić information content (AvgIpc) is 2.97. The lowest BCUT2D eigenvalue weighted by molar-refractivity contribution is 0.0938. The third-order valence-electron chi connectivity index (χ3n) is 3.24. The summed E-state index contributed by atoms with van der Waals surface area (Å²) in [5.74, 6) is -0.989.